The van der Waals surface area contributed by atoms with Crippen LogP contribution >= 0.6 is 0 Å². The highest BCUT2D eigenvalue weighted by Gasteiger charge is 2.28. The standard InChI is InChI=1S/C13H17FN2O/c1-8-5-10(6-9(2)12(8)14)7-16-4-3-11(15)13(16)17/h5-6,11H,3-4,7,15H2,1-2H3. The fourth-order valence-corrected chi connectivity index (χ4v) is 2.27. The van der Waals surface area contributed by atoms with Crippen LogP contribution in [0.25, 0.3) is 0 Å². The van der Waals surface area contributed by atoms with Crippen LogP contribution in [0.5, 0.6) is 0 Å². The van der Waals surface area contributed by atoms with Crippen molar-refractivity contribution < 1.29 is 9.18 Å². The van der Waals surface area contributed by atoms with Crippen molar-refractivity contribution in [2.75, 3.05) is 6.54 Å². The second-order valence-electron chi connectivity index (χ2n) is 4.70. The number of benzene rings is 1. The lowest BCUT2D eigenvalue weighted by Gasteiger charge is -2.17. The van der Waals surface area contributed by atoms with Gasteiger partial charge in [-0.2, -0.15) is 0 Å². The number of nitrogens with two attached hydrogens (primary N) is 1. The lowest BCUT2D eigenvalue weighted by atomic mass is 10.1. The molecule has 1 heterocycles. The summed E-state index contributed by atoms with van der Waals surface area (Å²) in [6.07, 6.45) is 0.706. The minimum atomic E-state index is -0.363. The number of carbonyl (C=O) groups excluding carboxylic acids is 1. The van der Waals surface area contributed by atoms with Gasteiger partial charge in [-0.05, 0) is 37.0 Å². The highest BCUT2D eigenvalue weighted by atomic mass is 19.1. The second-order valence-corrected chi connectivity index (χ2v) is 4.70. The average molecular weight is 236 g/mol. The third kappa shape index (κ3) is 2.31. The van der Waals surface area contributed by atoms with Crippen molar-refractivity contribution in [2.24, 2.45) is 5.73 Å². The van der Waals surface area contributed by atoms with Crippen molar-refractivity contribution in [1.29, 1.82) is 0 Å². The Balaban J connectivity index is 2.17. The van der Waals surface area contributed by atoms with Gasteiger partial charge >= 0.3 is 0 Å². The number of carbonyl (C=O) groups is 1. The first kappa shape index (κ1) is 12.0. The molecule has 1 aliphatic heterocycles. The molecule has 1 saturated heterocycles. The van der Waals surface area contributed by atoms with Crippen LogP contribution < -0.4 is 5.73 Å². The van der Waals surface area contributed by atoms with Crippen LogP contribution in [0.15, 0.2) is 12.1 Å². The maximum absolute atomic E-state index is 13.5. The zero-order valence-corrected chi connectivity index (χ0v) is 10.2. The maximum Gasteiger partial charge on any atom is 0.239 e. The average Bonchev–Trinajstić information content (AvgIpc) is 2.58. The van der Waals surface area contributed by atoms with Crippen LogP contribution in [0.3, 0.4) is 0 Å². The lowest BCUT2D eigenvalue weighted by Crippen LogP contribution is -2.33. The van der Waals surface area contributed by atoms with Crippen LogP contribution in [0.2, 0.25) is 0 Å². The van der Waals surface area contributed by atoms with E-state index in [1.54, 1.807) is 30.9 Å². The largest absolute Gasteiger partial charge is 0.337 e. The Morgan fingerprint density at radius 3 is 2.47 bits per heavy atom. The molecule has 0 aromatic heterocycles. The predicted molar refractivity (Wildman–Crippen MR) is 63.9 cm³/mol. The molecule has 0 aliphatic carbocycles. The molecule has 17 heavy (non-hydrogen) atoms. The quantitative estimate of drug-likeness (QED) is 0.846. The van der Waals surface area contributed by atoms with Crippen LogP contribution in [-0.2, 0) is 11.3 Å². The Kier molecular flexibility index (Phi) is 3.15. The number of hydrogen-bond acceptors (Lipinski definition) is 2. The van der Waals surface area contributed by atoms with Crippen molar-refractivity contribution in [3.8, 4) is 0 Å². The third-order valence-electron chi connectivity index (χ3n) is 3.21. The number of nitrogens with zero attached hydrogens (tertiary/aromatic N) is 1. The Morgan fingerprint density at radius 2 is 2.00 bits per heavy atom. The monoisotopic (exact) mass is 236 g/mol. The lowest BCUT2D eigenvalue weighted by molar-refractivity contribution is -0.129. The van der Waals surface area contributed by atoms with Crippen molar-refractivity contribution >= 4 is 5.91 Å². The molecule has 3 nitrogen and oxygen atoms in total. The summed E-state index contributed by atoms with van der Waals surface area (Å²) in [5.74, 6) is -0.178. The van der Waals surface area contributed by atoms with Gasteiger partial charge in [0.2, 0.25) is 5.91 Å². The second kappa shape index (κ2) is 4.45. The normalized spacial score (nSPS) is 20.1. The van der Waals surface area contributed by atoms with E-state index in [0.717, 1.165) is 5.56 Å². The Labute approximate surface area is 100 Å². The molecule has 2 N–H and O–H groups in total. The van der Waals surface area contributed by atoms with Crippen molar-refractivity contribution in [2.45, 2.75) is 32.9 Å². The van der Waals surface area contributed by atoms with Crippen LogP contribution in [0, 0.1) is 19.7 Å². The minimum absolute atomic E-state index is 0.00960. The number of halogens is 1. The molecular weight excluding hydrogens is 219 g/mol. The van der Waals surface area contributed by atoms with Crippen molar-refractivity contribution in [1.82, 2.24) is 4.90 Å². The van der Waals surface area contributed by atoms with Gasteiger partial charge < -0.3 is 10.6 Å². The van der Waals surface area contributed by atoms with Crippen molar-refractivity contribution in [3.05, 3.63) is 34.6 Å². The van der Waals surface area contributed by atoms with E-state index in [9.17, 15) is 9.18 Å². The molecule has 1 fully saturated rings. The van der Waals surface area contributed by atoms with Gasteiger partial charge in [-0.1, -0.05) is 12.1 Å². The van der Waals surface area contributed by atoms with Gasteiger partial charge in [0.1, 0.15) is 5.82 Å². The minimum Gasteiger partial charge on any atom is -0.337 e. The summed E-state index contributed by atoms with van der Waals surface area (Å²) in [5.41, 5.74) is 7.86. The molecule has 1 aromatic rings. The molecule has 0 bridgehead atoms. The summed E-state index contributed by atoms with van der Waals surface area (Å²) in [6.45, 7) is 4.69. The summed E-state index contributed by atoms with van der Waals surface area (Å²) in [4.78, 5) is 13.4. The zero-order chi connectivity index (χ0) is 12.6. The van der Waals surface area contributed by atoms with Gasteiger partial charge in [0.15, 0.2) is 0 Å². The first-order valence-corrected chi connectivity index (χ1v) is 5.79. The van der Waals surface area contributed by atoms with Crippen LogP contribution in [0.1, 0.15) is 23.1 Å². The molecule has 4 heteroatoms. The summed E-state index contributed by atoms with van der Waals surface area (Å²) < 4.78 is 13.5. The van der Waals surface area contributed by atoms with Gasteiger partial charge in [-0.25, -0.2) is 4.39 Å². The molecule has 92 valence electrons. The van der Waals surface area contributed by atoms with E-state index in [1.165, 1.54) is 0 Å². The molecule has 1 atom stereocenters. The number of likely N-dealkylation sites (tertiary alicyclic amines) is 1. The number of aryl methyl sites for hydroxylation is 2. The summed E-state index contributed by atoms with van der Waals surface area (Å²) >= 11 is 0. The Morgan fingerprint density at radius 1 is 1.41 bits per heavy atom. The van der Waals surface area contributed by atoms with Crippen LogP contribution in [-0.4, -0.2) is 23.4 Å². The molecule has 0 spiro atoms. The van der Waals surface area contributed by atoms with Crippen LogP contribution in [0.4, 0.5) is 4.39 Å². The smallest absolute Gasteiger partial charge is 0.239 e. The number of hydrogen-bond donors (Lipinski definition) is 1. The summed E-state index contributed by atoms with van der Waals surface area (Å²) in [5, 5.41) is 0. The molecule has 1 aliphatic rings. The fraction of sp³-hybridized carbons (Fsp3) is 0.462. The Bertz CT molecular complexity index is 436. The van der Waals surface area contributed by atoms with Gasteiger partial charge in [0.25, 0.3) is 0 Å². The first-order chi connectivity index (χ1) is 7.99. The van der Waals surface area contributed by atoms with E-state index in [4.69, 9.17) is 5.73 Å². The highest BCUT2D eigenvalue weighted by Crippen LogP contribution is 2.18. The molecule has 2 rings (SSSR count). The van der Waals surface area contributed by atoms with E-state index >= 15 is 0 Å². The topological polar surface area (TPSA) is 46.3 Å². The fourth-order valence-electron chi connectivity index (χ4n) is 2.27. The number of amides is 1. The molecular formula is C13H17FN2O. The SMILES string of the molecule is Cc1cc(CN2CCC(N)C2=O)cc(C)c1F. The van der Waals surface area contributed by atoms with Crippen molar-refractivity contribution in [3.63, 3.8) is 0 Å². The molecule has 0 radical (unpaired) electrons. The summed E-state index contributed by atoms with van der Waals surface area (Å²) in [7, 11) is 0. The van der Waals surface area contributed by atoms with E-state index in [0.29, 0.717) is 30.6 Å². The molecule has 1 unspecified atom stereocenters. The predicted octanol–water partition coefficient (Wildman–Crippen LogP) is 1.50. The van der Waals surface area contributed by atoms with Gasteiger partial charge in [0, 0.05) is 13.1 Å². The first-order valence-electron chi connectivity index (χ1n) is 5.79. The van der Waals surface area contributed by atoms with E-state index < -0.39 is 0 Å². The molecule has 1 amide bonds. The van der Waals surface area contributed by atoms with Gasteiger partial charge in [-0.15, -0.1) is 0 Å². The maximum atomic E-state index is 13.5. The zero-order valence-electron chi connectivity index (χ0n) is 10.2. The summed E-state index contributed by atoms with van der Waals surface area (Å²) in [6, 6.07) is 3.22. The molecule has 1 aromatic carbocycles. The van der Waals surface area contributed by atoms with Gasteiger partial charge in [-0.3, -0.25) is 4.79 Å². The molecule has 0 saturated carbocycles. The van der Waals surface area contributed by atoms with E-state index in [-0.39, 0.29) is 17.8 Å². The van der Waals surface area contributed by atoms with E-state index in [1.807, 2.05) is 0 Å². The van der Waals surface area contributed by atoms with E-state index in [2.05, 4.69) is 0 Å². The third-order valence-corrected chi connectivity index (χ3v) is 3.21. The Hall–Kier alpha value is -1.42. The highest BCUT2D eigenvalue weighted by molar-refractivity contribution is 5.83. The number of rotatable bonds is 2. The van der Waals surface area contributed by atoms with Gasteiger partial charge in [0.05, 0.1) is 6.04 Å².